The molecule has 0 bridgehead atoms. The van der Waals surface area contributed by atoms with Gasteiger partial charge in [0.2, 0.25) is 11.8 Å². The zero-order valence-electron chi connectivity index (χ0n) is 15.4. The third-order valence-electron chi connectivity index (χ3n) is 3.79. The molecule has 2 amide bonds. The number of aryl methyl sites for hydroxylation is 1. The standard InChI is InChI=1S/C20H19FN4O2S/c1-12(26)23-16-6-7-17(21)18(9-16)22-10-20(27)25-15-5-3-4-14(8-15)19-11-28-13(2)24-19/h3-9,11,22H,10H2,1-2H3,(H,23,26)(H,25,27). The molecule has 1 aromatic heterocycles. The largest absolute Gasteiger partial charge is 0.374 e. The SMILES string of the molecule is CC(=O)Nc1ccc(F)c(NCC(=O)Nc2cccc(-c3csc(C)n3)c2)c1. The van der Waals surface area contributed by atoms with E-state index in [1.165, 1.54) is 25.1 Å². The highest BCUT2D eigenvalue weighted by atomic mass is 32.1. The summed E-state index contributed by atoms with van der Waals surface area (Å²) in [6.45, 7) is 3.18. The maximum absolute atomic E-state index is 13.9. The maximum atomic E-state index is 13.9. The minimum atomic E-state index is -0.511. The molecule has 0 spiro atoms. The molecule has 0 atom stereocenters. The Labute approximate surface area is 165 Å². The fourth-order valence-corrected chi connectivity index (χ4v) is 3.20. The van der Waals surface area contributed by atoms with Crippen LogP contribution in [0.1, 0.15) is 11.9 Å². The molecule has 28 heavy (non-hydrogen) atoms. The summed E-state index contributed by atoms with van der Waals surface area (Å²) in [4.78, 5) is 27.8. The highest BCUT2D eigenvalue weighted by molar-refractivity contribution is 7.09. The topological polar surface area (TPSA) is 83.1 Å². The number of hydrogen-bond donors (Lipinski definition) is 3. The molecule has 2 aromatic carbocycles. The van der Waals surface area contributed by atoms with Crippen molar-refractivity contribution in [3.05, 3.63) is 58.7 Å². The van der Waals surface area contributed by atoms with Crippen LogP contribution in [0, 0.1) is 12.7 Å². The Kier molecular flexibility index (Phi) is 6.00. The molecule has 0 unspecified atom stereocenters. The fraction of sp³-hybridized carbons (Fsp3) is 0.150. The van der Waals surface area contributed by atoms with E-state index in [1.807, 2.05) is 30.5 Å². The Morgan fingerprint density at radius 1 is 1.11 bits per heavy atom. The van der Waals surface area contributed by atoms with E-state index in [1.54, 1.807) is 17.4 Å². The predicted octanol–water partition coefficient (Wildman–Crippen LogP) is 4.27. The molecule has 0 saturated carbocycles. The zero-order valence-corrected chi connectivity index (χ0v) is 16.2. The third kappa shape index (κ3) is 5.14. The molecule has 144 valence electrons. The average Bonchev–Trinajstić information content (AvgIpc) is 3.08. The van der Waals surface area contributed by atoms with Crippen molar-refractivity contribution in [2.75, 3.05) is 22.5 Å². The molecular weight excluding hydrogens is 379 g/mol. The lowest BCUT2D eigenvalue weighted by Crippen LogP contribution is -2.22. The van der Waals surface area contributed by atoms with Crippen molar-refractivity contribution in [1.82, 2.24) is 4.98 Å². The molecule has 1 heterocycles. The maximum Gasteiger partial charge on any atom is 0.243 e. The van der Waals surface area contributed by atoms with E-state index in [9.17, 15) is 14.0 Å². The van der Waals surface area contributed by atoms with Gasteiger partial charge < -0.3 is 16.0 Å². The summed E-state index contributed by atoms with van der Waals surface area (Å²) in [7, 11) is 0. The van der Waals surface area contributed by atoms with Crippen molar-refractivity contribution in [3.8, 4) is 11.3 Å². The second kappa shape index (κ2) is 8.62. The first kappa shape index (κ1) is 19.5. The number of nitrogens with one attached hydrogen (secondary N) is 3. The lowest BCUT2D eigenvalue weighted by atomic mass is 10.1. The summed E-state index contributed by atoms with van der Waals surface area (Å²) < 4.78 is 13.9. The van der Waals surface area contributed by atoms with E-state index < -0.39 is 5.82 Å². The Balaban J connectivity index is 1.63. The van der Waals surface area contributed by atoms with Crippen molar-refractivity contribution in [2.45, 2.75) is 13.8 Å². The van der Waals surface area contributed by atoms with Gasteiger partial charge in [-0.2, -0.15) is 0 Å². The van der Waals surface area contributed by atoms with Crippen LogP contribution < -0.4 is 16.0 Å². The van der Waals surface area contributed by atoms with Crippen LogP contribution in [0.15, 0.2) is 47.8 Å². The fourth-order valence-electron chi connectivity index (χ4n) is 2.57. The number of carbonyl (C=O) groups is 2. The third-order valence-corrected chi connectivity index (χ3v) is 4.56. The van der Waals surface area contributed by atoms with E-state index in [0.717, 1.165) is 16.3 Å². The van der Waals surface area contributed by atoms with E-state index in [-0.39, 0.29) is 24.0 Å². The number of anilines is 3. The monoisotopic (exact) mass is 398 g/mol. The lowest BCUT2D eigenvalue weighted by molar-refractivity contribution is -0.115. The molecule has 0 aliphatic carbocycles. The summed E-state index contributed by atoms with van der Waals surface area (Å²) in [5.41, 5.74) is 2.97. The number of thiazole rings is 1. The molecule has 0 fully saturated rings. The Bertz CT molecular complexity index is 1020. The van der Waals surface area contributed by atoms with Crippen LogP contribution in [0.25, 0.3) is 11.3 Å². The van der Waals surface area contributed by atoms with Gasteiger partial charge in [-0.05, 0) is 37.3 Å². The first-order valence-electron chi connectivity index (χ1n) is 8.54. The number of benzene rings is 2. The van der Waals surface area contributed by atoms with E-state index in [4.69, 9.17) is 0 Å². The minimum Gasteiger partial charge on any atom is -0.374 e. The van der Waals surface area contributed by atoms with Gasteiger partial charge in [0.1, 0.15) is 5.82 Å². The van der Waals surface area contributed by atoms with Gasteiger partial charge in [0.25, 0.3) is 0 Å². The first-order valence-corrected chi connectivity index (χ1v) is 9.42. The first-order chi connectivity index (χ1) is 13.4. The lowest BCUT2D eigenvalue weighted by Gasteiger charge is -2.11. The van der Waals surface area contributed by atoms with Crippen molar-refractivity contribution in [1.29, 1.82) is 0 Å². The normalized spacial score (nSPS) is 10.4. The Morgan fingerprint density at radius 2 is 1.89 bits per heavy atom. The Hall–Kier alpha value is -3.26. The van der Waals surface area contributed by atoms with Gasteiger partial charge >= 0.3 is 0 Å². The molecule has 3 N–H and O–H groups in total. The second-order valence-corrected chi connectivity index (χ2v) is 7.17. The number of carbonyl (C=O) groups excluding carboxylic acids is 2. The average molecular weight is 398 g/mol. The van der Waals surface area contributed by atoms with Gasteiger partial charge in [-0.15, -0.1) is 11.3 Å². The predicted molar refractivity (Wildman–Crippen MR) is 110 cm³/mol. The van der Waals surface area contributed by atoms with Gasteiger partial charge in [0.15, 0.2) is 0 Å². The van der Waals surface area contributed by atoms with Crippen LogP contribution in [-0.4, -0.2) is 23.3 Å². The number of halogens is 1. The highest BCUT2D eigenvalue weighted by Gasteiger charge is 2.09. The molecule has 0 saturated heterocycles. The van der Waals surface area contributed by atoms with Crippen molar-refractivity contribution in [3.63, 3.8) is 0 Å². The van der Waals surface area contributed by atoms with Crippen molar-refractivity contribution < 1.29 is 14.0 Å². The number of nitrogens with zero attached hydrogens (tertiary/aromatic N) is 1. The number of hydrogen-bond acceptors (Lipinski definition) is 5. The summed E-state index contributed by atoms with van der Waals surface area (Å²) >= 11 is 1.56. The highest BCUT2D eigenvalue weighted by Crippen LogP contribution is 2.24. The molecule has 0 aliphatic rings. The van der Waals surface area contributed by atoms with Crippen LogP contribution in [0.5, 0.6) is 0 Å². The quantitative estimate of drug-likeness (QED) is 0.579. The summed E-state index contributed by atoms with van der Waals surface area (Å²) in [5.74, 6) is -1.09. The van der Waals surface area contributed by atoms with Gasteiger partial charge in [0, 0.05) is 29.2 Å². The smallest absolute Gasteiger partial charge is 0.243 e. The number of rotatable bonds is 6. The zero-order chi connectivity index (χ0) is 20.1. The second-order valence-electron chi connectivity index (χ2n) is 6.11. The summed E-state index contributed by atoms with van der Waals surface area (Å²) in [6.07, 6.45) is 0. The van der Waals surface area contributed by atoms with Crippen molar-refractivity contribution >= 4 is 40.2 Å². The van der Waals surface area contributed by atoms with Crippen molar-refractivity contribution in [2.24, 2.45) is 0 Å². The summed E-state index contributed by atoms with van der Waals surface area (Å²) in [6, 6.07) is 11.5. The number of aromatic nitrogens is 1. The van der Waals surface area contributed by atoms with E-state index in [2.05, 4.69) is 20.9 Å². The van der Waals surface area contributed by atoms with Gasteiger partial charge in [-0.1, -0.05) is 12.1 Å². The molecule has 3 rings (SSSR count). The number of amides is 2. The molecule has 0 radical (unpaired) electrons. The van der Waals surface area contributed by atoms with Gasteiger partial charge in [-0.3, -0.25) is 9.59 Å². The minimum absolute atomic E-state index is 0.125. The summed E-state index contributed by atoms with van der Waals surface area (Å²) in [5, 5.41) is 11.0. The van der Waals surface area contributed by atoms with Crippen LogP contribution in [0.3, 0.4) is 0 Å². The van der Waals surface area contributed by atoms with Crippen LogP contribution in [-0.2, 0) is 9.59 Å². The molecule has 3 aromatic rings. The van der Waals surface area contributed by atoms with Crippen LogP contribution in [0.2, 0.25) is 0 Å². The molecule has 6 nitrogen and oxygen atoms in total. The molecule has 8 heteroatoms. The van der Waals surface area contributed by atoms with Crippen LogP contribution >= 0.6 is 11.3 Å². The van der Waals surface area contributed by atoms with Gasteiger partial charge in [-0.25, -0.2) is 9.37 Å². The molecular formula is C20H19FN4O2S. The van der Waals surface area contributed by atoms with Crippen LogP contribution in [0.4, 0.5) is 21.5 Å². The van der Waals surface area contributed by atoms with E-state index >= 15 is 0 Å². The molecule has 0 aliphatic heterocycles. The Morgan fingerprint density at radius 3 is 2.61 bits per heavy atom. The van der Waals surface area contributed by atoms with Gasteiger partial charge in [0.05, 0.1) is 22.9 Å². The van der Waals surface area contributed by atoms with E-state index in [0.29, 0.717) is 11.4 Å².